The second-order valence-corrected chi connectivity index (χ2v) is 7.37. The van der Waals surface area contributed by atoms with E-state index in [2.05, 4.69) is 38.5 Å². The van der Waals surface area contributed by atoms with E-state index in [9.17, 15) is 10.1 Å². The molecule has 8 heteroatoms. The number of fused-ring (bicyclic) bond motifs is 1. The van der Waals surface area contributed by atoms with Crippen LogP contribution in [0.5, 0.6) is 0 Å². The summed E-state index contributed by atoms with van der Waals surface area (Å²) in [5, 5.41) is 21.3. The van der Waals surface area contributed by atoms with Crippen molar-refractivity contribution in [3.8, 4) is 0 Å². The summed E-state index contributed by atoms with van der Waals surface area (Å²) in [6, 6.07) is 5.39. The quantitative estimate of drug-likeness (QED) is 0.505. The Morgan fingerprint density at radius 1 is 1.30 bits per heavy atom. The molecule has 1 aromatic carbocycles. The number of aromatic nitrogens is 4. The van der Waals surface area contributed by atoms with Gasteiger partial charge in [0.05, 0.1) is 16.4 Å². The molecule has 0 aliphatic carbocycles. The molecule has 0 N–H and O–H groups in total. The normalized spacial score (nSPS) is 17.1. The van der Waals surface area contributed by atoms with Crippen molar-refractivity contribution in [2.24, 2.45) is 5.92 Å². The highest BCUT2D eigenvalue weighted by atomic mass is 16.6. The molecular formula is C19H22N6O2. The lowest BCUT2D eigenvalue weighted by Gasteiger charge is -2.28. The zero-order valence-corrected chi connectivity index (χ0v) is 15.4. The molecule has 0 spiro atoms. The van der Waals surface area contributed by atoms with E-state index in [4.69, 9.17) is 0 Å². The number of pyridine rings is 1. The van der Waals surface area contributed by atoms with Crippen molar-refractivity contribution in [1.82, 2.24) is 19.7 Å². The number of nitrogens with zero attached hydrogens (tertiary/aromatic N) is 6. The average Bonchev–Trinajstić information content (AvgIpc) is 3.29. The first-order valence-corrected chi connectivity index (χ1v) is 9.21. The topological polar surface area (TPSA) is 90.0 Å². The van der Waals surface area contributed by atoms with Crippen LogP contribution in [0.3, 0.4) is 0 Å². The van der Waals surface area contributed by atoms with Crippen molar-refractivity contribution in [3.05, 3.63) is 52.9 Å². The van der Waals surface area contributed by atoms with Crippen LogP contribution in [0, 0.1) is 16.0 Å². The largest absolute Gasteiger partial charge is 0.361 e. The summed E-state index contributed by atoms with van der Waals surface area (Å²) in [6.45, 7) is 6.10. The molecule has 1 atom stereocenters. The Morgan fingerprint density at radius 3 is 2.93 bits per heavy atom. The zero-order valence-electron chi connectivity index (χ0n) is 15.4. The van der Waals surface area contributed by atoms with Crippen molar-refractivity contribution < 1.29 is 4.92 Å². The lowest BCUT2D eigenvalue weighted by Crippen LogP contribution is -2.26. The van der Waals surface area contributed by atoms with E-state index < -0.39 is 0 Å². The molecule has 1 saturated heterocycles. The average molecular weight is 366 g/mol. The Bertz CT molecular complexity index is 983. The summed E-state index contributed by atoms with van der Waals surface area (Å²) in [5.74, 6) is 1.46. The van der Waals surface area contributed by atoms with Gasteiger partial charge in [-0.2, -0.15) is 0 Å². The summed E-state index contributed by atoms with van der Waals surface area (Å²) in [7, 11) is 0. The monoisotopic (exact) mass is 366 g/mol. The molecule has 2 aromatic heterocycles. The van der Waals surface area contributed by atoms with Gasteiger partial charge in [0.1, 0.15) is 6.33 Å². The third kappa shape index (κ3) is 3.11. The van der Waals surface area contributed by atoms with Gasteiger partial charge in [0.25, 0.3) is 5.69 Å². The van der Waals surface area contributed by atoms with Gasteiger partial charge in [-0.3, -0.25) is 15.1 Å². The third-order valence-electron chi connectivity index (χ3n) is 5.04. The molecule has 8 nitrogen and oxygen atoms in total. The molecule has 1 unspecified atom stereocenters. The first-order chi connectivity index (χ1) is 13.1. The van der Waals surface area contributed by atoms with Crippen LogP contribution in [-0.2, 0) is 6.54 Å². The molecule has 3 heterocycles. The van der Waals surface area contributed by atoms with Gasteiger partial charge in [-0.15, -0.1) is 10.2 Å². The summed E-state index contributed by atoms with van der Waals surface area (Å²) in [5.41, 5.74) is 1.07. The van der Waals surface area contributed by atoms with E-state index in [0.29, 0.717) is 11.3 Å². The number of nitro groups is 1. The molecule has 4 rings (SSSR count). The van der Waals surface area contributed by atoms with Crippen LogP contribution in [-0.4, -0.2) is 31.2 Å². The molecular weight excluding hydrogens is 344 g/mol. The Morgan fingerprint density at radius 2 is 2.15 bits per heavy atom. The Kier molecular flexibility index (Phi) is 4.47. The number of non-ortho nitro benzene ring substituents is 1. The van der Waals surface area contributed by atoms with Crippen molar-refractivity contribution >= 4 is 22.1 Å². The van der Waals surface area contributed by atoms with Gasteiger partial charge in [0, 0.05) is 42.6 Å². The van der Waals surface area contributed by atoms with Crippen molar-refractivity contribution in [3.63, 3.8) is 0 Å². The van der Waals surface area contributed by atoms with Crippen LogP contribution in [0.4, 0.5) is 11.4 Å². The van der Waals surface area contributed by atoms with Crippen LogP contribution < -0.4 is 4.90 Å². The number of hydrogen-bond donors (Lipinski definition) is 0. The van der Waals surface area contributed by atoms with E-state index in [1.807, 2.05) is 12.1 Å². The molecule has 0 radical (unpaired) electrons. The summed E-state index contributed by atoms with van der Waals surface area (Å²) in [4.78, 5) is 17.4. The zero-order chi connectivity index (χ0) is 19.0. The second-order valence-electron chi connectivity index (χ2n) is 7.37. The van der Waals surface area contributed by atoms with Crippen LogP contribution in [0.2, 0.25) is 0 Å². The van der Waals surface area contributed by atoms with Gasteiger partial charge in [-0.25, -0.2) is 0 Å². The van der Waals surface area contributed by atoms with E-state index >= 15 is 0 Å². The molecule has 1 aliphatic heterocycles. The van der Waals surface area contributed by atoms with Crippen LogP contribution >= 0.6 is 0 Å². The molecule has 140 valence electrons. The van der Waals surface area contributed by atoms with Gasteiger partial charge in [-0.05, 0) is 30.9 Å². The molecule has 0 amide bonds. The highest BCUT2D eigenvalue weighted by molar-refractivity contribution is 5.99. The minimum absolute atomic E-state index is 0.0839. The number of benzene rings is 1. The molecule has 27 heavy (non-hydrogen) atoms. The molecule has 0 saturated carbocycles. The molecule has 0 bridgehead atoms. The first kappa shape index (κ1) is 17.4. The van der Waals surface area contributed by atoms with Gasteiger partial charge in [0.2, 0.25) is 0 Å². The van der Waals surface area contributed by atoms with Gasteiger partial charge < -0.3 is 9.47 Å². The predicted octanol–water partition coefficient (Wildman–Crippen LogP) is 3.73. The van der Waals surface area contributed by atoms with Crippen LogP contribution in [0.15, 0.2) is 36.9 Å². The summed E-state index contributed by atoms with van der Waals surface area (Å²) >= 11 is 0. The third-order valence-corrected chi connectivity index (χ3v) is 5.04. The van der Waals surface area contributed by atoms with Crippen molar-refractivity contribution in [2.75, 3.05) is 11.4 Å². The SMILES string of the molecule is CC(C)Cn1cnnc1C1CCCN1c1ccc([N+](=O)[O-])c2cnccc12. The minimum atomic E-state index is -0.353. The Labute approximate surface area is 157 Å². The smallest absolute Gasteiger partial charge is 0.278 e. The fourth-order valence-corrected chi connectivity index (χ4v) is 3.95. The second kappa shape index (κ2) is 6.94. The fraction of sp³-hybridized carbons (Fsp3) is 0.421. The maximum Gasteiger partial charge on any atom is 0.278 e. The van der Waals surface area contributed by atoms with Crippen molar-refractivity contribution in [2.45, 2.75) is 39.3 Å². The van der Waals surface area contributed by atoms with Gasteiger partial charge in [0.15, 0.2) is 5.82 Å². The number of anilines is 1. The van der Waals surface area contributed by atoms with E-state index in [1.54, 1.807) is 24.8 Å². The standard InChI is InChI=1S/C19H22N6O2/c1-13(2)11-23-12-21-22-19(23)18-4-3-9-24(18)16-5-6-17(25(26)27)15-10-20-8-7-14(15)16/h5-8,10,12-13,18H,3-4,9,11H2,1-2H3. The van der Waals surface area contributed by atoms with Gasteiger partial charge >= 0.3 is 0 Å². The maximum absolute atomic E-state index is 11.4. The predicted molar refractivity (Wildman–Crippen MR) is 103 cm³/mol. The van der Waals surface area contributed by atoms with E-state index in [0.717, 1.165) is 42.8 Å². The van der Waals surface area contributed by atoms with E-state index in [-0.39, 0.29) is 16.7 Å². The molecule has 1 fully saturated rings. The van der Waals surface area contributed by atoms with Crippen LogP contribution in [0.25, 0.3) is 10.8 Å². The Balaban J connectivity index is 1.78. The first-order valence-electron chi connectivity index (χ1n) is 9.21. The lowest BCUT2D eigenvalue weighted by molar-refractivity contribution is -0.383. The number of hydrogen-bond acceptors (Lipinski definition) is 6. The fourth-order valence-electron chi connectivity index (χ4n) is 3.95. The van der Waals surface area contributed by atoms with Crippen LogP contribution in [0.1, 0.15) is 38.6 Å². The van der Waals surface area contributed by atoms with E-state index in [1.165, 1.54) is 0 Å². The number of nitro benzene ring substituents is 1. The highest BCUT2D eigenvalue weighted by Crippen LogP contribution is 2.40. The number of rotatable bonds is 5. The Hall–Kier alpha value is -3.03. The molecule has 1 aliphatic rings. The molecule has 3 aromatic rings. The summed E-state index contributed by atoms with van der Waals surface area (Å²) < 4.78 is 2.13. The van der Waals surface area contributed by atoms with Crippen molar-refractivity contribution in [1.29, 1.82) is 0 Å². The highest BCUT2D eigenvalue weighted by Gasteiger charge is 2.32. The lowest BCUT2D eigenvalue weighted by atomic mass is 10.1. The maximum atomic E-state index is 11.4. The minimum Gasteiger partial charge on any atom is -0.361 e. The van der Waals surface area contributed by atoms with Gasteiger partial charge in [-0.1, -0.05) is 13.8 Å². The summed E-state index contributed by atoms with van der Waals surface area (Å²) in [6.07, 6.45) is 7.08.